The van der Waals surface area contributed by atoms with Crippen LogP contribution in [0.1, 0.15) is 38.9 Å². The Hall–Kier alpha value is -3.58. The van der Waals surface area contributed by atoms with Gasteiger partial charge >= 0.3 is 0 Å². The number of benzene rings is 5. The lowest BCUT2D eigenvalue weighted by molar-refractivity contribution is 0.410. The summed E-state index contributed by atoms with van der Waals surface area (Å²) in [6.07, 6.45) is 1.59. The fraction of sp³-hybridized carbons (Fsp3) is 0.167. The monoisotopic (exact) mass is 563 g/mol. The van der Waals surface area contributed by atoms with Crippen LogP contribution < -0.4 is 14.9 Å². The molecule has 0 saturated heterocycles. The Morgan fingerprint density at radius 1 is 0.675 bits per heavy atom. The van der Waals surface area contributed by atoms with Crippen molar-refractivity contribution in [1.82, 2.24) is 0 Å². The molecule has 5 aromatic carbocycles. The molecule has 5 aromatic rings. The summed E-state index contributed by atoms with van der Waals surface area (Å²) in [5, 5.41) is 1.98. The lowest BCUT2D eigenvalue weighted by Gasteiger charge is -2.27. The Morgan fingerprint density at radius 2 is 1.27 bits per heavy atom. The molecule has 0 aromatic heterocycles. The second-order valence-electron chi connectivity index (χ2n) is 10.3. The zero-order valence-electron chi connectivity index (χ0n) is 23.1. The highest BCUT2D eigenvalue weighted by Gasteiger charge is 2.15. The minimum absolute atomic E-state index is 0.768. The first-order valence-corrected chi connectivity index (χ1v) is 14.6. The molecule has 0 N–H and O–H groups in total. The molecule has 202 valence electrons. The third kappa shape index (κ3) is 7.13. The molecular weight excluding hydrogens is 529 g/mol. The van der Waals surface area contributed by atoms with E-state index in [1.54, 1.807) is 7.11 Å². The van der Waals surface area contributed by atoms with Crippen LogP contribution in [0.3, 0.4) is 0 Å². The number of anilines is 1. The maximum atomic E-state index is 7.02. The van der Waals surface area contributed by atoms with Crippen LogP contribution in [0, 0.1) is 6.92 Å². The molecule has 0 aliphatic carbocycles. The Bertz CT molecular complexity index is 1490. The van der Waals surface area contributed by atoms with Gasteiger partial charge in [0.05, 0.1) is 7.11 Å². The molecule has 1 unspecified atom stereocenters. The average Bonchev–Trinajstić information content (AvgIpc) is 2.97. The first-order valence-electron chi connectivity index (χ1n) is 13.6. The molecule has 0 amide bonds. The first kappa shape index (κ1) is 28.0. The van der Waals surface area contributed by atoms with E-state index in [4.69, 9.17) is 16.3 Å². The summed E-state index contributed by atoms with van der Waals surface area (Å²) < 4.78 is 5.70. The van der Waals surface area contributed by atoms with Crippen molar-refractivity contribution in [3.63, 3.8) is 0 Å². The van der Waals surface area contributed by atoms with E-state index in [2.05, 4.69) is 136 Å². The number of aryl methyl sites for hydroxylation is 1. The van der Waals surface area contributed by atoms with Crippen molar-refractivity contribution < 1.29 is 4.74 Å². The van der Waals surface area contributed by atoms with Gasteiger partial charge in [-0.05, 0) is 75.8 Å². The summed E-state index contributed by atoms with van der Waals surface area (Å²) >= 11 is 7.02. The molecule has 0 saturated carbocycles. The molecule has 0 aliphatic rings. The summed E-state index contributed by atoms with van der Waals surface area (Å²) in [5.74, 6) is 0.911. The highest BCUT2D eigenvalue weighted by molar-refractivity contribution is 7.27. The third-order valence-corrected chi connectivity index (χ3v) is 8.02. The summed E-state index contributed by atoms with van der Waals surface area (Å²) in [4.78, 5) is 2.40. The highest BCUT2D eigenvalue weighted by atomic mass is 35.5. The Labute approximate surface area is 245 Å². The number of methoxy groups -OCH3 is 1. The molecular formula is C36H35ClNOP. The number of hydrogen-bond acceptors (Lipinski definition) is 2. The lowest BCUT2D eigenvalue weighted by Crippen LogP contribution is -2.22. The summed E-state index contributed by atoms with van der Waals surface area (Å²) in [7, 11) is 4.48. The van der Waals surface area contributed by atoms with E-state index in [0.29, 0.717) is 0 Å². The fourth-order valence-electron chi connectivity index (χ4n) is 5.15. The van der Waals surface area contributed by atoms with E-state index >= 15 is 0 Å². The van der Waals surface area contributed by atoms with Gasteiger partial charge < -0.3 is 9.64 Å². The van der Waals surface area contributed by atoms with Crippen molar-refractivity contribution in [2.45, 2.75) is 32.9 Å². The highest BCUT2D eigenvalue weighted by Crippen LogP contribution is 2.32. The van der Waals surface area contributed by atoms with Crippen molar-refractivity contribution in [2.24, 2.45) is 0 Å². The second kappa shape index (κ2) is 13.2. The van der Waals surface area contributed by atoms with Crippen molar-refractivity contribution in [2.75, 3.05) is 12.0 Å². The molecule has 0 bridgehead atoms. The van der Waals surface area contributed by atoms with Gasteiger partial charge in [0.15, 0.2) is 0 Å². The molecule has 4 heteroatoms. The van der Waals surface area contributed by atoms with Crippen LogP contribution in [-0.4, -0.2) is 7.11 Å². The van der Waals surface area contributed by atoms with Crippen molar-refractivity contribution in [3.05, 3.63) is 159 Å². The van der Waals surface area contributed by atoms with Gasteiger partial charge in [0.2, 0.25) is 0 Å². The molecule has 2 nitrogen and oxygen atoms in total. The van der Waals surface area contributed by atoms with Gasteiger partial charge in [-0.1, -0.05) is 109 Å². The normalized spacial score (nSPS) is 10.9. The molecule has 0 spiro atoms. The predicted molar refractivity (Wildman–Crippen MR) is 173 cm³/mol. The van der Waals surface area contributed by atoms with Crippen molar-refractivity contribution in [3.8, 4) is 5.75 Å². The fourth-order valence-corrected chi connectivity index (χ4v) is 5.67. The summed E-state index contributed by atoms with van der Waals surface area (Å²) in [6.45, 7) is 3.79. The van der Waals surface area contributed by atoms with Gasteiger partial charge in [-0.25, -0.2) is 0 Å². The molecule has 1 atom stereocenters. The minimum atomic E-state index is 0.768. The molecule has 40 heavy (non-hydrogen) atoms. The smallest absolute Gasteiger partial charge is 0.122 e. The Balaban J connectivity index is 1.42. The number of halogens is 1. The van der Waals surface area contributed by atoms with Gasteiger partial charge in [0, 0.05) is 30.2 Å². The van der Waals surface area contributed by atoms with E-state index in [0.717, 1.165) is 48.0 Å². The number of ether oxygens (including phenoxy) is 1. The van der Waals surface area contributed by atoms with Crippen LogP contribution in [0.2, 0.25) is 5.02 Å². The van der Waals surface area contributed by atoms with Gasteiger partial charge in [0.25, 0.3) is 0 Å². The van der Waals surface area contributed by atoms with Gasteiger partial charge in [-0.15, -0.1) is 9.24 Å². The number of nitrogens with zero attached hydrogens (tertiary/aromatic N) is 1. The lowest BCUT2D eigenvalue weighted by atomic mass is 9.96. The second-order valence-corrected chi connectivity index (χ2v) is 11.4. The largest absolute Gasteiger partial charge is 0.496 e. The number of rotatable bonds is 10. The number of hydrogen-bond donors (Lipinski definition) is 0. The standard InChI is InChI=1S/C36H35ClNOP/c1-26-19-32(38(24-28-9-5-3-6-10-28)25-29-11-7-4-8-12-29)23-35(37)34(26)22-30-15-18-36(39-2)31(21-30)20-27-13-16-33(40)17-14-27/h3-19,21,23H,20,22,24-25,40H2,1-2H3. The topological polar surface area (TPSA) is 12.5 Å². The van der Waals surface area contributed by atoms with Gasteiger partial charge in [-0.2, -0.15) is 0 Å². The quantitative estimate of drug-likeness (QED) is 0.158. The van der Waals surface area contributed by atoms with Crippen LogP contribution >= 0.6 is 20.8 Å². The zero-order valence-corrected chi connectivity index (χ0v) is 25.0. The maximum absolute atomic E-state index is 7.02. The zero-order chi connectivity index (χ0) is 27.9. The molecule has 0 fully saturated rings. The Morgan fingerprint density at radius 3 is 1.85 bits per heavy atom. The predicted octanol–water partition coefficient (Wildman–Crippen LogP) is 8.55. The van der Waals surface area contributed by atoms with E-state index in [9.17, 15) is 0 Å². The van der Waals surface area contributed by atoms with Crippen LogP contribution in [0.25, 0.3) is 0 Å². The van der Waals surface area contributed by atoms with Crippen LogP contribution in [0.5, 0.6) is 5.75 Å². The molecule has 0 radical (unpaired) electrons. The average molecular weight is 564 g/mol. The van der Waals surface area contributed by atoms with Crippen LogP contribution in [0.4, 0.5) is 5.69 Å². The third-order valence-electron chi connectivity index (χ3n) is 7.30. The van der Waals surface area contributed by atoms with Gasteiger partial charge in [0.1, 0.15) is 5.75 Å². The van der Waals surface area contributed by atoms with Gasteiger partial charge in [-0.3, -0.25) is 0 Å². The van der Waals surface area contributed by atoms with Crippen LogP contribution in [-0.2, 0) is 25.9 Å². The first-order chi connectivity index (χ1) is 19.5. The van der Waals surface area contributed by atoms with E-state index in [-0.39, 0.29) is 0 Å². The summed E-state index contributed by atoms with van der Waals surface area (Å²) in [5.41, 5.74) is 9.70. The van der Waals surface area contributed by atoms with E-state index in [1.807, 2.05) is 0 Å². The molecule has 5 rings (SSSR count). The van der Waals surface area contributed by atoms with E-state index < -0.39 is 0 Å². The molecule has 0 heterocycles. The summed E-state index contributed by atoms with van der Waals surface area (Å²) in [6, 6.07) is 40.7. The van der Waals surface area contributed by atoms with Crippen molar-refractivity contribution in [1.29, 1.82) is 0 Å². The van der Waals surface area contributed by atoms with E-state index in [1.165, 1.54) is 38.7 Å². The molecule has 0 aliphatic heterocycles. The van der Waals surface area contributed by atoms with Crippen LogP contribution in [0.15, 0.2) is 115 Å². The minimum Gasteiger partial charge on any atom is -0.496 e. The Kier molecular flexibility index (Phi) is 9.22. The maximum Gasteiger partial charge on any atom is 0.122 e. The SMILES string of the molecule is COc1ccc(Cc2c(C)cc(N(Cc3ccccc3)Cc3ccccc3)cc2Cl)cc1Cc1ccc(P)cc1. The van der Waals surface area contributed by atoms with Crippen molar-refractivity contribution >= 4 is 31.8 Å².